The van der Waals surface area contributed by atoms with Crippen LogP contribution < -0.4 is 0 Å². The molecule has 5 rings (SSSR count). The quantitative estimate of drug-likeness (QED) is 0.414. The maximum Gasteiger partial charge on any atom is 0.262 e. The van der Waals surface area contributed by atoms with Gasteiger partial charge in [0.25, 0.3) is 11.8 Å². The monoisotopic (exact) mass is 414 g/mol. The standard InChI is InChI=1S/C25H16F2N2O2/c1-14(29-24(30)19-7-2-3-8-20(19)25(29)31)21-12-15-9-10-18(27)13-22(15)28-23(21)16-5-4-6-17(26)11-16/h2-14H,1H3. The third kappa shape index (κ3) is 3.08. The first-order valence-electron chi connectivity index (χ1n) is 9.77. The Morgan fingerprint density at radius 3 is 2.16 bits per heavy atom. The van der Waals surface area contributed by atoms with E-state index in [1.807, 2.05) is 0 Å². The molecule has 0 aliphatic carbocycles. The second kappa shape index (κ2) is 7.09. The van der Waals surface area contributed by atoms with Crippen LogP contribution in [0.2, 0.25) is 0 Å². The van der Waals surface area contributed by atoms with E-state index < -0.39 is 29.5 Å². The number of nitrogens with zero attached hydrogens (tertiary/aromatic N) is 2. The van der Waals surface area contributed by atoms with Crippen LogP contribution in [0.5, 0.6) is 0 Å². The topological polar surface area (TPSA) is 50.3 Å². The van der Waals surface area contributed by atoms with Gasteiger partial charge in [0.15, 0.2) is 0 Å². The summed E-state index contributed by atoms with van der Waals surface area (Å²) in [6.45, 7) is 1.73. The Balaban J connectivity index is 1.70. The van der Waals surface area contributed by atoms with Crippen molar-refractivity contribution in [1.29, 1.82) is 0 Å². The van der Waals surface area contributed by atoms with Crippen LogP contribution >= 0.6 is 0 Å². The number of fused-ring (bicyclic) bond motifs is 2. The largest absolute Gasteiger partial charge is 0.269 e. The highest BCUT2D eigenvalue weighted by molar-refractivity contribution is 6.21. The van der Waals surface area contributed by atoms with Crippen molar-refractivity contribution in [2.75, 3.05) is 0 Å². The SMILES string of the molecule is CC(c1cc2ccc(F)cc2nc1-c1cccc(F)c1)N1C(=O)c2ccccc2C1=O. The summed E-state index contributed by atoms with van der Waals surface area (Å²) < 4.78 is 27.8. The molecule has 31 heavy (non-hydrogen) atoms. The number of amides is 2. The van der Waals surface area contributed by atoms with Gasteiger partial charge >= 0.3 is 0 Å². The van der Waals surface area contributed by atoms with Crippen LogP contribution in [0.1, 0.15) is 39.2 Å². The summed E-state index contributed by atoms with van der Waals surface area (Å²) in [6.07, 6.45) is 0. The van der Waals surface area contributed by atoms with Crippen LogP contribution in [0.4, 0.5) is 8.78 Å². The molecule has 2 heterocycles. The summed E-state index contributed by atoms with van der Waals surface area (Å²) in [5, 5.41) is 0.653. The molecule has 0 saturated heterocycles. The van der Waals surface area contributed by atoms with Gasteiger partial charge < -0.3 is 0 Å². The molecule has 3 aromatic carbocycles. The fraction of sp³-hybridized carbons (Fsp3) is 0.0800. The van der Waals surface area contributed by atoms with E-state index in [0.717, 1.165) is 0 Å². The van der Waals surface area contributed by atoms with Gasteiger partial charge in [0.2, 0.25) is 0 Å². The number of hydrogen-bond acceptors (Lipinski definition) is 3. The Labute approximate surface area is 176 Å². The summed E-state index contributed by atoms with van der Waals surface area (Å²) in [7, 11) is 0. The number of hydrogen-bond donors (Lipinski definition) is 0. The summed E-state index contributed by atoms with van der Waals surface area (Å²) in [5.74, 6) is -1.67. The van der Waals surface area contributed by atoms with E-state index in [-0.39, 0.29) is 0 Å². The highest BCUT2D eigenvalue weighted by atomic mass is 19.1. The Hall–Kier alpha value is -3.93. The maximum absolute atomic E-state index is 14.0. The molecule has 0 radical (unpaired) electrons. The van der Waals surface area contributed by atoms with E-state index in [1.165, 1.54) is 29.2 Å². The van der Waals surface area contributed by atoms with Crippen molar-refractivity contribution in [3.8, 4) is 11.3 Å². The number of carbonyl (C=O) groups is 2. The van der Waals surface area contributed by atoms with Gasteiger partial charge in [-0.05, 0) is 49.4 Å². The third-order valence-electron chi connectivity index (χ3n) is 5.57. The zero-order valence-electron chi connectivity index (χ0n) is 16.5. The predicted molar refractivity (Wildman–Crippen MR) is 112 cm³/mol. The van der Waals surface area contributed by atoms with Crippen LogP contribution in [-0.4, -0.2) is 21.7 Å². The minimum atomic E-state index is -0.673. The Morgan fingerprint density at radius 2 is 1.48 bits per heavy atom. The zero-order chi connectivity index (χ0) is 21.7. The highest BCUT2D eigenvalue weighted by Gasteiger charge is 2.39. The number of benzene rings is 3. The molecule has 1 aromatic heterocycles. The molecule has 0 spiro atoms. The van der Waals surface area contributed by atoms with Gasteiger partial charge in [-0.25, -0.2) is 13.8 Å². The van der Waals surface area contributed by atoms with Crippen molar-refractivity contribution in [2.24, 2.45) is 0 Å². The van der Waals surface area contributed by atoms with Crippen molar-refractivity contribution in [1.82, 2.24) is 9.88 Å². The lowest BCUT2D eigenvalue weighted by molar-refractivity contribution is 0.0595. The van der Waals surface area contributed by atoms with Crippen LogP contribution in [-0.2, 0) is 0 Å². The van der Waals surface area contributed by atoms with Crippen molar-refractivity contribution in [3.05, 3.63) is 101 Å². The van der Waals surface area contributed by atoms with Gasteiger partial charge in [-0.2, -0.15) is 0 Å². The summed E-state index contributed by atoms with van der Waals surface area (Å²) in [5.41, 5.74) is 2.54. The van der Waals surface area contributed by atoms with Gasteiger partial charge in [0, 0.05) is 22.6 Å². The average molecular weight is 414 g/mol. The average Bonchev–Trinajstić information content (AvgIpc) is 3.02. The lowest BCUT2D eigenvalue weighted by atomic mass is 9.97. The molecular weight excluding hydrogens is 398 g/mol. The van der Waals surface area contributed by atoms with Gasteiger partial charge in [0.1, 0.15) is 11.6 Å². The number of pyridine rings is 1. The van der Waals surface area contributed by atoms with Crippen LogP contribution in [0, 0.1) is 11.6 Å². The molecule has 1 aliphatic rings. The molecule has 1 atom stereocenters. The first-order chi connectivity index (χ1) is 14.9. The van der Waals surface area contributed by atoms with E-state index in [4.69, 9.17) is 0 Å². The zero-order valence-corrected chi connectivity index (χ0v) is 16.5. The molecule has 152 valence electrons. The molecule has 6 heteroatoms. The van der Waals surface area contributed by atoms with Crippen molar-refractivity contribution in [2.45, 2.75) is 13.0 Å². The van der Waals surface area contributed by atoms with Crippen LogP contribution in [0.3, 0.4) is 0 Å². The van der Waals surface area contributed by atoms with Crippen LogP contribution in [0.15, 0.2) is 72.8 Å². The molecular formula is C25H16F2N2O2. The molecule has 4 nitrogen and oxygen atoms in total. The third-order valence-corrected chi connectivity index (χ3v) is 5.57. The Kier molecular flexibility index (Phi) is 4.36. The molecule has 0 fully saturated rings. The molecule has 2 amide bonds. The summed E-state index contributed by atoms with van der Waals surface area (Å²) in [4.78, 5) is 31.8. The van der Waals surface area contributed by atoms with Gasteiger partial charge in [-0.3, -0.25) is 14.5 Å². The van der Waals surface area contributed by atoms with E-state index in [1.54, 1.807) is 55.5 Å². The van der Waals surface area contributed by atoms with E-state index in [9.17, 15) is 18.4 Å². The summed E-state index contributed by atoms with van der Waals surface area (Å²) in [6, 6.07) is 17.9. The first kappa shape index (κ1) is 19.1. The second-order valence-corrected chi connectivity index (χ2v) is 7.48. The number of imide groups is 1. The Bertz CT molecular complexity index is 1350. The molecule has 0 N–H and O–H groups in total. The highest BCUT2D eigenvalue weighted by Crippen LogP contribution is 2.37. The molecule has 0 bridgehead atoms. The van der Waals surface area contributed by atoms with Crippen molar-refractivity contribution >= 4 is 22.7 Å². The van der Waals surface area contributed by atoms with Gasteiger partial charge in [-0.15, -0.1) is 0 Å². The molecule has 1 aliphatic heterocycles. The number of carbonyl (C=O) groups excluding carboxylic acids is 2. The lowest BCUT2D eigenvalue weighted by Crippen LogP contribution is -2.33. The van der Waals surface area contributed by atoms with Crippen molar-refractivity contribution in [3.63, 3.8) is 0 Å². The maximum atomic E-state index is 14.0. The molecule has 0 saturated carbocycles. The van der Waals surface area contributed by atoms with E-state index in [0.29, 0.717) is 38.9 Å². The Morgan fingerprint density at radius 1 is 0.806 bits per heavy atom. The first-order valence-corrected chi connectivity index (χ1v) is 9.77. The smallest absolute Gasteiger partial charge is 0.262 e. The van der Waals surface area contributed by atoms with E-state index in [2.05, 4.69) is 4.98 Å². The number of halogens is 2. The number of aromatic nitrogens is 1. The van der Waals surface area contributed by atoms with Crippen LogP contribution in [0.25, 0.3) is 22.2 Å². The fourth-order valence-corrected chi connectivity index (χ4v) is 4.04. The number of rotatable bonds is 3. The molecule has 4 aromatic rings. The second-order valence-electron chi connectivity index (χ2n) is 7.48. The minimum absolute atomic E-state index is 0.350. The minimum Gasteiger partial charge on any atom is -0.269 e. The normalized spacial score (nSPS) is 14.2. The van der Waals surface area contributed by atoms with E-state index >= 15 is 0 Å². The summed E-state index contributed by atoms with van der Waals surface area (Å²) >= 11 is 0. The lowest BCUT2D eigenvalue weighted by Gasteiger charge is -2.25. The predicted octanol–water partition coefficient (Wildman–Crippen LogP) is 5.54. The van der Waals surface area contributed by atoms with Gasteiger partial charge in [0.05, 0.1) is 28.4 Å². The molecule has 1 unspecified atom stereocenters. The van der Waals surface area contributed by atoms with Gasteiger partial charge in [-0.1, -0.05) is 24.3 Å². The van der Waals surface area contributed by atoms with Crippen molar-refractivity contribution < 1.29 is 18.4 Å². The fourth-order valence-electron chi connectivity index (χ4n) is 4.04.